The lowest BCUT2D eigenvalue weighted by molar-refractivity contribution is 0.384. The van der Waals surface area contributed by atoms with Crippen LogP contribution < -0.4 is 10.6 Å². The Kier molecular flexibility index (Phi) is 2.87. The van der Waals surface area contributed by atoms with E-state index in [4.69, 9.17) is 4.42 Å². The summed E-state index contributed by atoms with van der Waals surface area (Å²) in [7, 11) is 1.74. The third-order valence-electron chi connectivity index (χ3n) is 1.45. The Hall–Kier alpha value is -1.10. The molecule has 5 heteroatoms. The van der Waals surface area contributed by atoms with Gasteiger partial charge >= 0.3 is 6.01 Å². The molecule has 74 valence electrons. The minimum absolute atomic E-state index is 0.0638. The van der Waals surface area contributed by atoms with Crippen molar-refractivity contribution in [2.24, 2.45) is 0 Å². The predicted octanol–water partition coefficient (Wildman–Crippen LogP) is 0.999. The molecule has 0 saturated heterocycles. The summed E-state index contributed by atoms with van der Waals surface area (Å²) in [6.07, 6.45) is 0. The zero-order valence-electron chi connectivity index (χ0n) is 8.51. The predicted molar refractivity (Wildman–Crippen MR) is 50.4 cm³/mol. The highest BCUT2D eigenvalue weighted by Gasteiger charge is 2.11. The molecular formula is C8H16N4O. The molecule has 1 rings (SSSR count). The molecule has 1 aromatic heterocycles. The van der Waals surface area contributed by atoms with E-state index in [-0.39, 0.29) is 5.54 Å². The van der Waals surface area contributed by atoms with Gasteiger partial charge in [-0.25, -0.2) is 0 Å². The molecule has 0 fully saturated rings. The Morgan fingerprint density at radius 1 is 1.31 bits per heavy atom. The molecule has 0 spiro atoms. The molecule has 0 saturated carbocycles. The third kappa shape index (κ3) is 3.42. The van der Waals surface area contributed by atoms with Crippen LogP contribution in [0.15, 0.2) is 4.42 Å². The van der Waals surface area contributed by atoms with Gasteiger partial charge in [-0.3, -0.25) is 0 Å². The zero-order chi connectivity index (χ0) is 9.90. The molecule has 13 heavy (non-hydrogen) atoms. The number of hydrogen-bond acceptors (Lipinski definition) is 5. The van der Waals surface area contributed by atoms with Crippen LogP contribution in [0.4, 0.5) is 6.01 Å². The monoisotopic (exact) mass is 184 g/mol. The molecule has 0 unspecified atom stereocenters. The van der Waals surface area contributed by atoms with Crippen molar-refractivity contribution in [3.8, 4) is 0 Å². The van der Waals surface area contributed by atoms with E-state index >= 15 is 0 Å². The second-order valence-electron chi connectivity index (χ2n) is 3.85. The van der Waals surface area contributed by atoms with E-state index in [1.165, 1.54) is 0 Å². The largest absolute Gasteiger partial charge is 0.407 e. The van der Waals surface area contributed by atoms with Crippen molar-refractivity contribution in [2.45, 2.75) is 32.9 Å². The highest BCUT2D eigenvalue weighted by Crippen LogP contribution is 2.06. The maximum Gasteiger partial charge on any atom is 0.315 e. The van der Waals surface area contributed by atoms with E-state index in [1.54, 1.807) is 7.05 Å². The maximum absolute atomic E-state index is 5.23. The quantitative estimate of drug-likeness (QED) is 0.733. The molecule has 0 aliphatic heterocycles. The fourth-order valence-corrected chi connectivity index (χ4v) is 0.767. The molecular weight excluding hydrogens is 168 g/mol. The molecule has 0 atom stereocenters. The summed E-state index contributed by atoms with van der Waals surface area (Å²) in [5.41, 5.74) is 0.0638. The van der Waals surface area contributed by atoms with Gasteiger partial charge < -0.3 is 15.1 Å². The Labute approximate surface area is 77.9 Å². The van der Waals surface area contributed by atoms with Crippen molar-refractivity contribution in [1.29, 1.82) is 0 Å². The average Bonchev–Trinajstić information content (AvgIpc) is 2.47. The summed E-state index contributed by atoms with van der Waals surface area (Å²) in [4.78, 5) is 0. The summed E-state index contributed by atoms with van der Waals surface area (Å²) >= 11 is 0. The van der Waals surface area contributed by atoms with Crippen LogP contribution in [0.25, 0.3) is 0 Å². The van der Waals surface area contributed by atoms with Crippen molar-refractivity contribution in [3.05, 3.63) is 5.89 Å². The average molecular weight is 184 g/mol. The van der Waals surface area contributed by atoms with Crippen LogP contribution in [0, 0.1) is 0 Å². The van der Waals surface area contributed by atoms with Crippen LogP contribution in [-0.4, -0.2) is 22.8 Å². The first-order valence-corrected chi connectivity index (χ1v) is 4.26. The molecule has 0 aliphatic carbocycles. The van der Waals surface area contributed by atoms with Gasteiger partial charge in [0.15, 0.2) is 0 Å². The van der Waals surface area contributed by atoms with Crippen molar-refractivity contribution in [3.63, 3.8) is 0 Å². The van der Waals surface area contributed by atoms with Gasteiger partial charge in [0.2, 0.25) is 5.89 Å². The minimum Gasteiger partial charge on any atom is -0.407 e. The van der Waals surface area contributed by atoms with E-state index in [9.17, 15) is 0 Å². The highest BCUT2D eigenvalue weighted by molar-refractivity contribution is 5.14. The second kappa shape index (κ2) is 3.74. The van der Waals surface area contributed by atoms with Gasteiger partial charge in [-0.15, -0.1) is 5.10 Å². The Bertz CT molecular complexity index is 263. The Morgan fingerprint density at radius 2 is 2.00 bits per heavy atom. The van der Waals surface area contributed by atoms with Crippen molar-refractivity contribution in [1.82, 2.24) is 15.5 Å². The summed E-state index contributed by atoms with van der Waals surface area (Å²) in [6, 6.07) is 0.450. The van der Waals surface area contributed by atoms with Crippen LogP contribution in [0.5, 0.6) is 0 Å². The number of aromatic nitrogens is 2. The van der Waals surface area contributed by atoms with E-state index < -0.39 is 0 Å². The van der Waals surface area contributed by atoms with Crippen LogP contribution in [0.1, 0.15) is 26.7 Å². The minimum atomic E-state index is 0.0638. The highest BCUT2D eigenvalue weighted by atomic mass is 16.4. The molecule has 0 aliphatic rings. The standard InChI is InChI=1S/C8H16N4O/c1-8(2,3)10-5-6-11-12-7(9-4)13-6/h10H,5H2,1-4H3,(H,9,12). The number of anilines is 1. The van der Waals surface area contributed by atoms with Crippen LogP contribution >= 0.6 is 0 Å². The van der Waals surface area contributed by atoms with Crippen LogP contribution in [-0.2, 0) is 6.54 Å². The fraction of sp³-hybridized carbons (Fsp3) is 0.750. The van der Waals surface area contributed by atoms with Gasteiger partial charge in [0, 0.05) is 12.6 Å². The number of nitrogens with one attached hydrogen (secondary N) is 2. The first kappa shape index (κ1) is 9.98. The van der Waals surface area contributed by atoms with Gasteiger partial charge in [-0.05, 0) is 20.8 Å². The smallest absolute Gasteiger partial charge is 0.315 e. The topological polar surface area (TPSA) is 63.0 Å². The van der Waals surface area contributed by atoms with Crippen molar-refractivity contribution >= 4 is 6.01 Å². The van der Waals surface area contributed by atoms with E-state index in [2.05, 4.69) is 41.6 Å². The summed E-state index contributed by atoms with van der Waals surface area (Å²) in [5.74, 6) is 0.597. The second-order valence-corrected chi connectivity index (χ2v) is 3.85. The van der Waals surface area contributed by atoms with Crippen LogP contribution in [0.2, 0.25) is 0 Å². The SMILES string of the molecule is CNc1nnc(CNC(C)(C)C)o1. The zero-order valence-corrected chi connectivity index (χ0v) is 8.51. The van der Waals surface area contributed by atoms with E-state index in [0.29, 0.717) is 18.5 Å². The van der Waals surface area contributed by atoms with Gasteiger partial charge in [0.05, 0.1) is 6.54 Å². The maximum atomic E-state index is 5.23. The van der Waals surface area contributed by atoms with E-state index in [0.717, 1.165) is 0 Å². The number of rotatable bonds is 3. The lowest BCUT2D eigenvalue weighted by Gasteiger charge is -2.18. The van der Waals surface area contributed by atoms with Gasteiger partial charge in [-0.2, -0.15) is 0 Å². The third-order valence-corrected chi connectivity index (χ3v) is 1.45. The molecule has 0 amide bonds. The lowest BCUT2D eigenvalue weighted by Crippen LogP contribution is -2.35. The summed E-state index contributed by atoms with van der Waals surface area (Å²) in [5, 5.41) is 13.6. The molecule has 2 N–H and O–H groups in total. The van der Waals surface area contributed by atoms with Crippen molar-refractivity contribution in [2.75, 3.05) is 12.4 Å². The first-order valence-electron chi connectivity index (χ1n) is 4.26. The number of nitrogens with zero attached hydrogens (tertiary/aromatic N) is 2. The Balaban J connectivity index is 2.46. The first-order chi connectivity index (χ1) is 6.01. The Morgan fingerprint density at radius 3 is 2.46 bits per heavy atom. The van der Waals surface area contributed by atoms with Gasteiger partial charge in [-0.1, -0.05) is 5.10 Å². The summed E-state index contributed by atoms with van der Waals surface area (Å²) < 4.78 is 5.23. The lowest BCUT2D eigenvalue weighted by atomic mass is 10.1. The fourth-order valence-electron chi connectivity index (χ4n) is 0.767. The number of hydrogen-bond donors (Lipinski definition) is 2. The molecule has 0 aromatic carbocycles. The van der Waals surface area contributed by atoms with Gasteiger partial charge in [0.1, 0.15) is 0 Å². The molecule has 1 aromatic rings. The van der Waals surface area contributed by atoms with Crippen molar-refractivity contribution < 1.29 is 4.42 Å². The van der Waals surface area contributed by atoms with Gasteiger partial charge in [0.25, 0.3) is 0 Å². The molecule has 1 heterocycles. The summed E-state index contributed by atoms with van der Waals surface area (Å²) in [6.45, 7) is 6.85. The molecule has 0 bridgehead atoms. The van der Waals surface area contributed by atoms with Crippen LogP contribution in [0.3, 0.4) is 0 Å². The molecule has 5 nitrogen and oxygen atoms in total. The normalized spacial score (nSPS) is 11.7. The molecule has 0 radical (unpaired) electrons. The van der Waals surface area contributed by atoms with E-state index in [1.807, 2.05) is 0 Å².